The molecule has 2 nitrogen and oxygen atoms in total. The van der Waals surface area contributed by atoms with Gasteiger partial charge in [0.05, 0.1) is 5.01 Å². The highest BCUT2D eigenvalue weighted by Crippen LogP contribution is 2.43. The fraction of sp³-hybridized carbons (Fsp3) is 0.812. The van der Waals surface area contributed by atoms with E-state index in [1.165, 1.54) is 24.3 Å². The number of hydrogen-bond acceptors (Lipinski definition) is 3. The molecule has 1 aromatic rings. The van der Waals surface area contributed by atoms with Crippen LogP contribution in [0, 0.1) is 30.1 Å². The van der Waals surface area contributed by atoms with Crippen LogP contribution in [-0.4, -0.2) is 11.5 Å². The highest BCUT2D eigenvalue weighted by molar-refractivity contribution is 7.09. The van der Waals surface area contributed by atoms with Crippen LogP contribution in [0.25, 0.3) is 0 Å². The Bertz CT molecular complexity index is 405. The summed E-state index contributed by atoms with van der Waals surface area (Å²) in [7, 11) is 0. The fourth-order valence-corrected chi connectivity index (χ4v) is 4.26. The lowest BCUT2D eigenvalue weighted by Crippen LogP contribution is -2.36. The molecule has 1 saturated carbocycles. The minimum atomic E-state index is 0.427. The van der Waals surface area contributed by atoms with Gasteiger partial charge in [0.25, 0.3) is 0 Å². The first-order valence-corrected chi connectivity index (χ1v) is 8.39. The van der Waals surface area contributed by atoms with Crippen LogP contribution in [-0.2, 0) is 6.42 Å². The van der Waals surface area contributed by atoms with Crippen molar-refractivity contribution in [2.24, 2.45) is 28.9 Å². The molecule has 3 unspecified atom stereocenters. The van der Waals surface area contributed by atoms with Crippen molar-refractivity contribution in [1.82, 2.24) is 4.98 Å². The molecule has 0 radical (unpaired) electrons. The molecule has 0 aromatic carbocycles. The van der Waals surface area contributed by atoms with Crippen LogP contribution in [0.15, 0.2) is 5.38 Å². The second kappa shape index (κ2) is 5.92. The molecule has 19 heavy (non-hydrogen) atoms. The minimum absolute atomic E-state index is 0.427. The lowest BCUT2D eigenvalue weighted by Gasteiger charge is -2.41. The van der Waals surface area contributed by atoms with Gasteiger partial charge in [-0.15, -0.1) is 11.3 Å². The van der Waals surface area contributed by atoms with Gasteiger partial charge in [-0.25, -0.2) is 4.98 Å². The average molecular weight is 280 g/mol. The third kappa shape index (κ3) is 3.79. The van der Waals surface area contributed by atoms with Crippen LogP contribution in [0.4, 0.5) is 0 Å². The van der Waals surface area contributed by atoms with Crippen LogP contribution < -0.4 is 5.73 Å². The summed E-state index contributed by atoms with van der Waals surface area (Å²) in [5.41, 5.74) is 7.58. The molecule has 0 aliphatic heterocycles. The molecule has 0 bridgehead atoms. The van der Waals surface area contributed by atoms with Crippen molar-refractivity contribution in [1.29, 1.82) is 0 Å². The smallest absolute Gasteiger partial charge is 0.0930 e. The molecule has 0 amide bonds. The zero-order valence-electron chi connectivity index (χ0n) is 12.8. The molecule has 1 heterocycles. The molecule has 3 atom stereocenters. The number of rotatable bonds is 3. The molecular formula is C16H28N2S. The number of thiazole rings is 1. The van der Waals surface area contributed by atoms with Gasteiger partial charge in [0.1, 0.15) is 0 Å². The molecule has 108 valence electrons. The van der Waals surface area contributed by atoms with E-state index in [-0.39, 0.29) is 0 Å². The second-order valence-electron chi connectivity index (χ2n) is 7.22. The molecule has 1 fully saturated rings. The molecule has 1 aromatic heterocycles. The van der Waals surface area contributed by atoms with Crippen LogP contribution >= 0.6 is 11.3 Å². The maximum Gasteiger partial charge on any atom is 0.0930 e. The van der Waals surface area contributed by atoms with Gasteiger partial charge in [0.2, 0.25) is 0 Å². The molecule has 1 aliphatic carbocycles. The number of aromatic nitrogens is 1. The predicted molar refractivity (Wildman–Crippen MR) is 83.4 cm³/mol. The van der Waals surface area contributed by atoms with Crippen LogP contribution in [0.2, 0.25) is 0 Å². The van der Waals surface area contributed by atoms with Crippen molar-refractivity contribution in [2.75, 3.05) is 6.54 Å². The van der Waals surface area contributed by atoms with Gasteiger partial charge in [0, 0.05) is 17.5 Å². The van der Waals surface area contributed by atoms with E-state index in [2.05, 4.69) is 38.1 Å². The second-order valence-corrected chi connectivity index (χ2v) is 8.16. The zero-order chi connectivity index (χ0) is 14.0. The molecule has 2 rings (SSSR count). The predicted octanol–water partition coefficient (Wildman–Crippen LogP) is 4.03. The fourth-order valence-electron chi connectivity index (χ4n) is 3.39. The van der Waals surface area contributed by atoms with E-state index in [9.17, 15) is 0 Å². The van der Waals surface area contributed by atoms with E-state index < -0.39 is 0 Å². The van der Waals surface area contributed by atoms with Crippen molar-refractivity contribution in [3.05, 3.63) is 16.1 Å². The number of hydrogen-bond donors (Lipinski definition) is 1. The Morgan fingerprint density at radius 2 is 2.05 bits per heavy atom. The van der Waals surface area contributed by atoms with Gasteiger partial charge in [-0.05, 0) is 55.9 Å². The standard InChI is InChI=1S/C16H28N2S/c1-11-10-19-15(18-11)8-13-7-14(16(2,3)4)6-5-12(13)9-17/h10,12-14H,5-9,17H2,1-4H3. The lowest BCUT2D eigenvalue weighted by molar-refractivity contribution is 0.101. The Labute approximate surface area is 121 Å². The summed E-state index contributed by atoms with van der Waals surface area (Å²) in [5.74, 6) is 2.26. The van der Waals surface area contributed by atoms with Gasteiger partial charge >= 0.3 is 0 Å². The summed E-state index contributed by atoms with van der Waals surface area (Å²) in [6.07, 6.45) is 5.10. The van der Waals surface area contributed by atoms with Gasteiger partial charge in [-0.3, -0.25) is 0 Å². The molecule has 0 spiro atoms. The van der Waals surface area contributed by atoms with Crippen molar-refractivity contribution in [3.63, 3.8) is 0 Å². The maximum absolute atomic E-state index is 5.99. The van der Waals surface area contributed by atoms with Crippen molar-refractivity contribution < 1.29 is 0 Å². The molecule has 3 heteroatoms. The molecule has 2 N–H and O–H groups in total. The van der Waals surface area contributed by atoms with E-state index in [0.717, 1.165) is 30.5 Å². The van der Waals surface area contributed by atoms with E-state index in [4.69, 9.17) is 5.73 Å². The van der Waals surface area contributed by atoms with Gasteiger partial charge < -0.3 is 5.73 Å². The van der Waals surface area contributed by atoms with E-state index in [0.29, 0.717) is 11.3 Å². The Morgan fingerprint density at radius 3 is 2.58 bits per heavy atom. The first kappa shape index (κ1) is 15.0. The van der Waals surface area contributed by atoms with Crippen molar-refractivity contribution in [2.45, 2.75) is 53.4 Å². The monoisotopic (exact) mass is 280 g/mol. The summed E-state index contributed by atoms with van der Waals surface area (Å²) in [5, 5.41) is 3.46. The quantitative estimate of drug-likeness (QED) is 0.908. The van der Waals surface area contributed by atoms with Crippen molar-refractivity contribution >= 4 is 11.3 Å². The summed E-state index contributed by atoms with van der Waals surface area (Å²) < 4.78 is 0. The Morgan fingerprint density at radius 1 is 1.32 bits per heavy atom. The third-order valence-corrected chi connectivity index (χ3v) is 5.76. The van der Waals surface area contributed by atoms with Crippen LogP contribution in [0.1, 0.15) is 50.7 Å². The Balaban J connectivity index is 2.05. The van der Waals surface area contributed by atoms with E-state index >= 15 is 0 Å². The minimum Gasteiger partial charge on any atom is -0.330 e. The maximum atomic E-state index is 5.99. The lowest BCUT2D eigenvalue weighted by atomic mass is 9.65. The summed E-state index contributed by atoms with van der Waals surface area (Å²) in [6, 6.07) is 0. The normalized spacial score (nSPS) is 28.6. The van der Waals surface area contributed by atoms with E-state index in [1.54, 1.807) is 0 Å². The molecule has 0 saturated heterocycles. The third-order valence-electron chi connectivity index (χ3n) is 4.77. The first-order valence-electron chi connectivity index (χ1n) is 7.51. The Kier molecular flexibility index (Phi) is 4.67. The van der Waals surface area contributed by atoms with Gasteiger partial charge in [-0.1, -0.05) is 20.8 Å². The highest BCUT2D eigenvalue weighted by atomic mass is 32.1. The molecule has 1 aliphatic rings. The van der Waals surface area contributed by atoms with Crippen molar-refractivity contribution in [3.8, 4) is 0 Å². The Hall–Kier alpha value is -0.410. The summed E-state index contributed by atoms with van der Waals surface area (Å²) in [4.78, 5) is 4.64. The first-order chi connectivity index (χ1) is 8.90. The average Bonchev–Trinajstić information content (AvgIpc) is 2.73. The zero-order valence-corrected chi connectivity index (χ0v) is 13.6. The number of nitrogens with zero attached hydrogens (tertiary/aromatic N) is 1. The van der Waals surface area contributed by atoms with Crippen LogP contribution in [0.5, 0.6) is 0 Å². The number of nitrogens with two attached hydrogens (primary N) is 1. The summed E-state index contributed by atoms with van der Waals surface area (Å²) >= 11 is 1.81. The van der Waals surface area contributed by atoms with Gasteiger partial charge in [0.15, 0.2) is 0 Å². The topological polar surface area (TPSA) is 38.9 Å². The highest BCUT2D eigenvalue weighted by Gasteiger charge is 2.35. The number of aryl methyl sites for hydroxylation is 1. The van der Waals surface area contributed by atoms with Crippen LogP contribution in [0.3, 0.4) is 0 Å². The molecular weight excluding hydrogens is 252 g/mol. The van der Waals surface area contributed by atoms with Gasteiger partial charge in [-0.2, -0.15) is 0 Å². The SMILES string of the molecule is Cc1csc(CC2CC(C(C)(C)C)CCC2CN)n1. The largest absolute Gasteiger partial charge is 0.330 e. The summed E-state index contributed by atoms with van der Waals surface area (Å²) in [6.45, 7) is 10.1. The van der Waals surface area contributed by atoms with E-state index in [1.807, 2.05) is 11.3 Å².